The lowest BCUT2D eigenvalue weighted by molar-refractivity contribution is -0.122. The van der Waals surface area contributed by atoms with Crippen molar-refractivity contribution in [1.29, 1.82) is 0 Å². The van der Waals surface area contributed by atoms with Gasteiger partial charge in [-0.15, -0.1) is 0 Å². The molecule has 0 saturated heterocycles. The number of ether oxygens (including phenoxy) is 3. The van der Waals surface area contributed by atoms with Gasteiger partial charge in [-0.3, -0.25) is 14.4 Å². The second kappa shape index (κ2) is 15.6. The van der Waals surface area contributed by atoms with Crippen LogP contribution in [0.1, 0.15) is 94.7 Å². The summed E-state index contributed by atoms with van der Waals surface area (Å²) in [5.74, 6) is 1.55. The van der Waals surface area contributed by atoms with Crippen LogP contribution in [0, 0.1) is 0 Å². The number of benzene rings is 1. The van der Waals surface area contributed by atoms with E-state index in [0.29, 0.717) is 54.8 Å². The Balaban J connectivity index is 1.49. The molecule has 234 valence electrons. The van der Waals surface area contributed by atoms with Crippen molar-refractivity contribution in [2.75, 3.05) is 33.2 Å². The molecule has 0 aromatic heterocycles. The maximum Gasteiger partial charge on any atom is 0.220 e. The summed E-state index contributed by atoms with van der Waals surface area (Å²) >= 11 is 0. The highest BCUT2D eigenvalue weighted by Crippen LogP contribution is 2.50. The molecular weight excluding hydrogens is 546 g/mol. The van der Waals surface area contributed by atoms with E-state index >= 15 is 0 Å². The van der Waals surface area contributed by atoms with E-state index < -0.39 is 0 Å². The fourth-order valence-electron chi connectivity index (χ4n) is 6.39. The number of fused-ring (bicyclic) bond motifs is 3. The van der Waals surface area contributed by atoms with Gasteiger partial charge in [0.25, 0.3) is 0 Å². The minimum Gasteiger partial charge on any atom is -0.493 e. The Morgan fingerprint density at radius 3 is 2.28 bits per heavy atom. The standard InChI is InChI=1S/C34H47N3O6/c1-22(38)36-27-17-15-23-20-30(41-2)33(42-3)34(43-4)32(23)25-16-18-28(29(39)21-26(25)27)35-19-11-7-10-14-31(40)37-24-12-8-5-6-9-13-24/h16,18,20-21,24,27H,5-15,17,19H2,1-4H3,(H,35,39)(H,36,38)(H,37,40)/t27-/m0/s1. The van der Waals surface area contributed by atoms with Crippen LogP contribution in [0.3, 0.4) is 0 Å². The number of rotatable bonds is 12. The predicted molar refractivity (Wildman–Crippen MR) is 169 cm³/mol. The topological polar surface area (TPSA) is 115 Å². The summed E-state index contributed by atoms with van der Waals surface area (Å²) < 4.78 is 17.1. The van der Waals surface area contributed by atoms with Gasteiger partial charge in [0.1, 0.15) is 0 Å². The molecule has 1 fully saturated rings. The number of carbonyl (C=O) groups excluding carboxylic acids is 2. The highest BCUT2D eigenvalue weighted by Gasteiger charge is 2.29. The lowest BCUT2D eigenvalue weighted by Crippen LogP contribution is -2.34. The van der Waals surface area contributed by atoms with Crippen LogP contribution < -0.4 is 35.6 Å². The van der Waals surface area contributed by atoms with Gasteiger partial charge >= 0.3 is 0 Å². The Labute approximate surface area is 255 Å². The van der Waals surface area contributed by atoms with E-state index in [1.807, 2.05) is 12.1 Å². The maximum atomic E-state index is 13.4. The lowest BCUT2D eigenvalue weighted by Gasteiger charge is -2.19. The first-order valence-electron chi connectivity index (χ1n) is 15.7. The lowest BCUT2D eigenvalue weighted by atomic mass is 9.95. The highest BCUT2D eigenvalue weighted by atomic mass is 16.5. The molecule has 1 saturated carbocycles. The van der Waals surface area contributed by atoms with Crippen LogP contribution in [-0.4, -0.2) is 45.7 Å². The molecule has 0 spiro atoms. The van der Waals surface area contributed by atoms with Gasteiger partial charge < -0.3 is 30.2 Å². The van der Waals surface area contributed by atoms with Gasteiger partial charge in [0.15, 0.2) is 11.5 Å². The predicted octanol–water partition coefficient (Wildman–Crippen LogP) is 5.67. The molecule has 2 aromatic carbocycles. The van der Waals surface area contributed by atoms with Crippen LogP contribution in [0.4, 0.5) is 5.69 Å². The zero-order chi connectivity index (χ0) is 30.8. The number of hydrogen-bond donors (Lipinski definition) is 3. The van der Waals surface area contributed by atoms with Crippen LogP contribution in [0.15, 0.2) is 29.1 Å². The Bertz CT molecular complexity index is 1340. The van der Waals surface area contributed by atoms with Gasteiger partial charge in [0.05, 0.1) is 33.1 Å². The molecule has 0 bridgehead atoms. The molecule has 2 amide bonds. The third-order valence-electron chi connectivity index (χ3n) is 8.53. The number of methoxy groups -OCH3 is 3. The molecule has 9 nitrogen and oxygen atoms in total. The zero-order valence-corrected chi connectivity index (χ0v) is 26.1. The molecular formula is C34H47N3O6. The zero-order valence-electron chi connectivity index (χ0n) is 26.1. The van der Waals surface area contributed by atoms with E-state index in [4.69, 9.17) is 14.2 Å². The number of hydrogen-bond acceptors (Lipinski definition) is 7. The Hall–Kier alpha value is -3.75. The summed E-state index contributed by atoms with van der Waals surface area (Å²) in [6.07, 6.45) is 11.5. The molecule has 0 radical (unpaired) electrons. The van der Waals surface area contributed by atoms with Gasteiger partial charge in [-0.05, 0) is 73.4 Å². The number of nitrogens with one attached hydrogen (secondary N) is 3. The van der Waals surface area contributed by atoms with Crippen molar-refractivity contribution in [3.8, 4) is 28.4 Å². The number of anilines is 1. The summed E-state index contributed by atoms with van der Waals surface area (Å²) in [6.45, 7) is 2.10. The summed E-state index contributed by atoms with van der Waals surface area (Å²) in [7, 11) is 4.74. The summed E-state index contributed by atoms with van der Waals surface area (Å²) in [5, 5.41) is 9.56. The molecule has 2 aliphatic rings. The Morgan fingerprint density at radius 1 is 0.860 bits per heavy atom. The molecule has 43 heavy (non-hydrogen) atoms. The van der Waals surface area contributed by atoms with Crippen LogP contribution in [0.25, 0.3) is 11.1 Å². The average Bonchev–Trinajstić information content (AvgIpc) is 3.39. The smallest absolute Gasteiger partial charge is 0.220 e. The van der Waals surface area contributed by atoms with Crippen LogP contribution in [0.2, 0.25) is 0 Å². The van der Waals surface area contributed by atoms with E-state index in [1.54, 1.807) is 33.5 Å². The molecule has 2 aromatic rings. The molecule has 2 aliphatic carbocycles. The van der Waals surface area contributed by atoms with Crippen molar-refractivity contribution in [3.63, 3.8) is 0 Å². The fraction of sp³-hybridized carbons (Fsp3) is 0.559. The SMILES string of the molecule is COc1cc2c(c(OC)c1OC)-c1ccc(NCCCCCC(=O)NC3CCCCCC3)c(=O)cc1[C@@H](NC(C)=O)CC2. The molecule has 0 heterocycles. The average molecular weight is 594 g/mol. The van der Waals surface area contributed by atoms with Crippen molar-refractivity contribution < 1.29 is 23.8 Å². The number of carbonyl (C=O) groups is 2. The number of aryl methyl sites for hydroxylation is 1. The summed E-state index contributed by atoms with van der Waals surface area (Å²) in [4.78, 5) is 38.0. The van der Waals surface area contributed by atoms with Crippen LogP contribution in [-0.2, 0) is 16.0 Å². The van der Waals surface area contributed by atoms with Crippen LogP contribution in [0.5, 0.6) is 17.2 Å². The third-order valence-corrected chi connectivity index (χ3v) is 8.53. The first kappa shape index (κ1) is 32.2. The normalized spacial score (nSPS) is 16.5. The van der Waals surface area contributed by atoms with Crippen LogP contribution >= 0.6 is 0 Å². The molecule has 4 rings (SSSR count). The molecule has 0 aliphatic heterocycles. The van der Waals surface area contributed by atoms with Gasteiger partial charge in [-0.1, -0.05) is 38.2 Å². The van der Waals surface area contributed by atoms with E-state index in [-0.39, 0.29) is 23.3 Å². The second-order valence-electron chi connectivity index (χ2n) is 11.6. The molecule has 1 atom stereocenters. The monoisotopic (exact) mass is 593 g/mol. The largest absolute Gasteiger partial charge is 0.493 e. The van der Waals surface area contributed by atoms with Crippen molar-refractivity contribution in [3.05, 3.63) is 45.6 Å². The number of amides is 2. The van der Waals surface area contributed by atoms with Gasteiger partial charge in [0, 0.05) is 31.5 Å². The van der Waals surface area contributed by atoms with E-state index in [9.17, 15) is 14.4 Å². The molecule has 9 heteroatoms. The van der Waals surface area contributed by atoms with Crippen molar-refractivity contribution in [2.45, 2.75) is 96.1 Å². The van der Waals surface area contributed by atoms with Gasteiger partial charge in [-0.2, -0.15) is 0 Å². The minimum absolute atomic E-state index is 0.150. The Kier molecular flexibility index (Phi) is 11.7. The maximum absolute atomic E-state index is 13.4. The fourth-order valence-corrected chi connectivity index (χ4v) is 6.39. The highest BCUT2D eigenvalue weighted by molar-refractivity contribution is 5.83. The second-order valence-corrected chi connectivity index (χ2v) is 11.6. The van der Waals surface area contributed by atoms with Gasteiger partial charge in [-0.25, -0.2) is 0 Å². The first-order chi connectivity index (χ1) is 20.9. The van der Waals surface area contributed by atoms with E-state index in [2.05, 4.69) is 16.0 Å². The van der Waals surface area contributed by atoms with Crippen molar-refractivity contribution in [2.24, 2.45) is 0 Å². The molecule has 3 N–H and O–H groups in total. The summed E-state index contributed by atoms with van der Waals surface area (Å²) in [6, 6.07) is 7.28. The Morgan fingerprint density at radius 2 is 1.60 bits per heavy atom. The van der Waals surface area contributed by atoms with Gasteiger partial charge in [0.2, 0.25) is 23.0 Å². The third kappa shape index (κ3) is 8.21. The molecule has 0 unspecified atom stereocenters. The first-order valence-corrected chi connectivity index (χ1v) is 15.7. The quantitative estimate of drug-likeness (QED) is 0.214. The van der Waals surface area contributed by atoms with Crippen molar-refractivity contribution >= 4 is 17.5 Å². The van der Waals surface area contributed by atoms with E-state index in [0.717, 1.165) is 54.4 Å². The number of unbranched alkanes of at least 4 members (excludes halogenated alkanes) is 2. The minimum atomic E-state index is -0.348. The van der Waals surface area contributed by atoms with Crippen molar-refractivity contribution in [1.82, 2.24) is 10.6 Å². The van der Waals surface area contributed by atoms with E-state index in [1.165, 1.54) is 32.6 Å². The summed E-state index contributed by atoms with van der Waals surface area (Å²) in [5.41, 5.74) is 3.68.